The third kappa shape index (κ3) is 3.90. The zero-order chi connectivity index (χ0) is 21.2. The van der Waals surface area contributed by atoms with Gasteiger partial charge in [0.25, 0.3) is 10.8 Å². The molecule has 152 valence electrons. The molecule has 0 amide bonds. The molecule has 5 aromatic rings. The summed E-state index contributed by atoms with van der Waals surface area (Å²) in [6.07, 6.45) is 0. The van der Waals surface area contributed by atoms with Gasteiger partial charge in [-0.1, -0.05) is 78.5 Å². The van der Waals surface area contributed by atoms with Gasteiger partial charge in [-0.05, 0) is 19.1 Å². The second-order valence-corrected chi connectivity index (χ2v) is 8.05. The average molecular weight is 426 g/mol. The molecule has 0 unspecified atom stereocenters. The Balaban J connectivity index is 1.48. The number of benzene rings is 2. The summed E-state index contributed by atoms with van der Waals surface area (Å²) in [5.74, 6) is 1.22. The highest BCUT2D eigenvalue weighted by atomic mass is 32.2. The summed E-state index contributed by atoms with van der Waals surface area (Å²) in [6, 6.07) is 27.2. The fraction of sp³-hybridized carbons (Fsp3) is 0.0800. The maximum Gasteiger partial charge on any atom is 0.258 e. The third-order valence-corrected chi connectivity index (χ3v) is 5.83. The van der Waals surface area contributed by atoms with E-state index in [2.05, 4.69) is 4.98 Å². The van der Waals surface area contributed by atoms with E-state index in [-0.39, 0.29) is 5.56 Å². The highest BCUT2D eigenvalue weighted by Crippen LogP contribution is 2.36. The van der Waals surface area contributed by atoms with Gasteiger partial charge in [-0.3, -0.25) is 9.20 Å². The van der Waals surface area contributed by atoms with E-state index in [0.717, 1.165) is 28.3 Å². The third-order valence-electron chi connectivity index (χ3n) is 4.97. The van der Waals surface area contributed by atoms with Gasteiger partial charge in [-0.15, -0.1) is 0 Å². The Morgan fingerprint density at radius 3 is 2.32 bits per heavy atom. The first-order valence-corrected chi connectivity index (χ1v) is 10.9. The first kappa shape index (κ1) is 19.3. The molecule has 0 bridgehead atoms. The van der Waals surface area contributed by atoms with E-state index in [4.69, 9.17) is 9.40 Å². The molecule has 0 N–H and O–H groups in total. The predicted octanol–water partition coefficient (Wildman–Crippen LogP) is 5.62. The van der Waals surface area contributed by atoms with Crippen molar-refractivity contribution in [3.8, 4) is 22.6 Å². The number of nitrogens with zero attached hydrogens (tertiary/aromatic N) is 3. The molecule has 0 saturated carbocycles. The van der Waals surface area contributed by atoms with Gasteiger partial charge >= 0.3 is 0 Å². The van der Waals surface area contributed by atoms with Crippen molar-refractivity contribution in [3.63, 3.8) is 0 Å². The van der Waals surface area contributed by atoms with Gasteiger partial charge in [0.15, 0.2) is 5.76 Å². The molecule has 5 rings (SSSR count). The highest BCUT2D eigenvalue weighted by Gasteiger charge is 2.17. The normalized spacial score (nSPS) is 11.1. The van der Waals surface area contributed by atoms with Crippen LogP contribution in [-0.4, -0.2) is 14.4 Å². The number of aromatic nitrogens is 3. The van der Waals surface area contributed by atoms with Crippen LogP contribution in [0.5, 0.6) is 0 Å². The average Bonchev–Trinajstić information content (AvgIpc) is 3.23. The maximum absolute atomic E-state index is 12.5. The summed E-state index contributed by atoms with van der Waals surface area (Å²) in [4.78, 5) is 21.9. The summed E-state index contributed by atoms with van der Waals surface area (Å²) >= 11 is 1.43. The smallest absolute Gasteiger partial charge is 0.258 e. The zero-order valence-corrected chi connectivity index (χ0v) is 17.7. The summed E-state index contributed by atoms with van der Waals surface area (Å²) in [5.41, 5.74) is 4.89. The lowest BCUT2D eigenvalue weighted by molar-refractivity contribution is 0.466. The van der Waals surface area contributed by atoms with Crippen molar-refractivity contribution in [2.75, 3.05) is 0 Å². The molecule has 0 aliphatic heterocycles. The molecule has 0 radical (unpaired) electrons. The minimum atomic E-state index is -0.0824. The number of rotatable bonds is 5. The van der Waals surface area contributed by atoms with Crippen molar-refractivity contribution in [1.82, 2.24) is 14.4 Å². The van der Waals surface area contributed by atoms with Crippen LogP contribution in [0, 0.1) is 6.92 Å². The van der Waals surface area contributed by atoms with Crippen LogP contribution >= 0.6 is 11.8 Å². The van der Waals surface area contributed by atoms with Gasteiger partial charge < -0.3 is 4.42 Å². The molecule has 0 spiro atoms. The summed E-state index contributed by atoms with van der Waals surface area (Å²) in [5, 5.41) is 0.545. The summed E-state index contributed by atoms with van der Waals surface area (Å²) < 4.78 is 7.77. The van der Waals surface area contributed by atoms with Crippen molar-refractivity contribution in [2.24, 2.45) is 0 Å². The molecular weight excluding hydrogens is 406 g/mol. The van der Waals surface area contributed by atoms with E-state index in [0.29, 0.717) is 22.3 Å². The molecule has 0 saturated heterocycles. The Labute approximate surface area is 183 Å². The lowest BCUT2D eigenvalue weighted by atomic mass is 10.1. The lowest BCUT2D eigenvalue weighted by Crippen LogP contribution is -2.17. The van der Waals surface area contributed by atoms with E-state index in [1.165, 1.54) is 11.8 Å². The van der Waals surface area contributed by atoms with Crippen molar-refractivity contribution in [3.05, 3.63) is 107 Å². The second kappa shape index (κ2) is 8.24. The summed E-state index contributed by atoms with van der Waals surface area (Å²) in [7, 11) is 0. The number of fused-ring (bicyclic) bond motifs is 1. The molecule has 0 fully saturated rings. The Kier molecular flexibility index (Phi) is 5.14. The van der Waals surface area contributed by atoms with Gasteiger partial charge in [0, 0.05) is 28.6 Å². The Morgan fingerprint density at radius 1 is 0.871 bits per heavy atom. The van der Waals surface area contributed by atoms with E-state index in [1.54, 1.807) is 10.5 Å². The molecular formula is C25H19N3O2S. The SMILES string of the molecule is Cc1cccc2nc(CSc3nc(-c4ccccc4)c(-c4ccccc4)o3)cc(=O)n12. The number of oxazole rings is 1. The molecule has 0 aliphatic rings. The Hall–Kier alpha value is -3.64. The number of aryl methyl sites for hydroxylation is 1. The maximum atomic E-state index is 12.5. The molecule has 0 aliphatic carbocycles. The van der Waals surface area contributed by atoms with Crippen molar-refractivity contribution in [2.45, 2.75) is 17.9 Å². The second-order valence-electron chi connectivity index (χ2n) is 7.12. The van der Waals surface area contributed by atoms with Gasteiger partial charge in [-0.2, -0.15) is 0 Å². The molecule has 31 heavy (non-hydrogen) atoms. The number of pyridine rings is 1. The van der Waals surface area contributed by atoms with Crippen LogP contribution in [0.25, 0.3) is 28.2 Å². The van der Waals surface area contributed by atoms with Crippen LogP contribution in [0.4, 0.5) is 0 Å². The minimum absolute atomic E-state index is 0.0824. The monoisotopic (exact) mass is 425 g/mol. The van der Waals surface area contributed by atoms with Gasteiger partial charge in [-0.25, -0.2) is 9.97 Å². The van der Waals surface area contributed by atoms with E-state index in [9.17, 15) is 4.79 Å². The topological polar surface area (TPSA) is 60.4 Å². The van der Waals surface area contributed by atoms with Gasteiger partial charge in [0.1, 0.15) is 11.3 Å². The van der Waals surface area contributed by atoms with E-state index in [1.807, 2.05) is 85.8 Å². The first-order valence-electron chi connectivity index (χ1n) is 9.92. The standard InChI is InChI=1S/C25H19N3O2S/c1-17-9-8-14-21-26-20(15-22(29)28(17)21)16-31-25-27-23(18-10-4-2-5-11-18)24(30-25)19-12-6-3-7-13-19/h2-15H,16H2,1H3. The fourth-order valence-corrected chi connectivity index (χ4v) is 4.23. The Morgan fingerprint density at radius 2 is 1.58 bits per heavy atom. The van der Waals surface area contributed by atoms with Gasteiger partial charge in [0.2, 0.25) is 0 Å². The fourth-order valence-electron chi connectivity index (χ4n) is 3.51. The largest absolute Gasteiger partial charge is 0.431 e. The molecule has 3 heterocycles. The van der Waals surface area contributed by atoms with E-state index < -0.39 is 0 Å². The van der Waals surface area contributed by atoms with E-state index >= 15 is 0 Å². The number of hydrogen-bond donors (Lipinski definition) is 0. The minimum Gasteiger partial charge on any atom is -0.431 e. The molecule has 2 aromatic carbocycles. The summed E-state index contributed by atoms with van der Waals surface area (Å²) in [6.45, 7) is 1.90. The predicted molar refractivity (Wildman–Crippen MR) is 123 cm³/mol. The molecule has 3 aromatic heterocycles. The van der Waals surface area contributed by atoms with Crippen molar-refractivity contribution in [1.29, 1.82) is 0 Å². The first-order chi connectivity index (χ1) is 15.2. The van der Waals surface area contributed by atoms with Crippen LogP contribution in [0.3, 0.4) is 0 Å². The van der Waals surface area contributed by atoms with Crippen LogP contribution in [0.2, 0.25) is 0 Å². The number of hydrogen-bond acceptors (Lipinski definition) is 5. The quantitative estimate of drug-likeness (QED) is 0.342. The lowest BCUT2D eigenvalue weighted by Gasteiger charge is -2.05. The Bertz CT molecular complexity index is 1350. The van der Waals surface area contributed by atoms with Crippen LogP contribution < -0.4 is 5.56 Å². The number of thioether (sulfide) groups is 1. The molecule has 0 atom stereocenters. The van der Waals surface area contributed by atoms with Gasteiger partial charge in [0.05, 0.1) is 5.69 Å². The zero-order valence-electron chi connectivity index (χ0n) is 16.9. The van der Waals surface area contributed by atoms with Crippen LogP contribution in [0.1, 0.15) is 11.4 Å². The van der Waals surface area contributed by atoms with Crippen LogP contribution in [-0.2, 0) is 5.75 Å². The molecule has 5 nitrogen and oxygen atoms in total. The van der Waals surface area contributed by atoms with Crippen molar-refractivity contribution < 1.29 is 4.42 Å². The van der Waals surface area contributed by atoms with Crippen molar-refractivity contribution >= 4 is 17.4 Å². The highest BCUT2D eigenvalue weighted by molar-refractivity contribution is 7.98. The molecule has 6 heteroatoms. The van der Waals surface area contributed by atoms with Crippen LogP contribution in [0.15, 0.2) is 99.4 Å².